The molecule has 0 atom stereocenters. The zero-order valence-corrected chi connectivity index (χ0v) is 11.5. The van der Waals surface area contributed by atoms with Crippen molar-refractivity contribution in [1.82, 2.24) is 15.0 Å². The third kappa shape index (κ3) is 2.81. The molecule has 1 aromatic carbocycles. The molecule has 5 heteroatoms. The highest BCUT2D eigenvalue weighted by Crippen LogP contribution is 2.24. The van der Waals surface area contributed by atoms with Crippen LogP contribution in [-0.2, 0) is 0 Å². The molecule has 2 heterocycles. The van der Waals surface area contributed by atoms with Crippen LogP contribution in [0.3, 0.4) is 0 Å². The summed E-state index contributed by atoms with van der Waals surface area (Å²) >= 11 is 0. The lowest BCUT2D eigenvalue weighted by atomic mass is 10.1. The molecule has 0 unspecified atom stereocenters. The van der Waals surface area contributed by atoms with Crippen molar-refractivity contribution in [2.45, 2.75) is 0 Å². The monoisotopic (exact) mass is 278 g/mol. The van der Waals surface area contributed by atoms with E-state index in [4.69, 9.17) is 10.5 Å². The molecule has 0 radical (unpaired) electrons. The largest absolute Gasteiger partial charge is 0.481 e. The number of methoxy groups -OCH3 is 1. The number of rotatable bonds is 3. The molecule has 5 nitrogen and oxygen atoms in total. The van der Waals surface area contributed by atoms with Crippen molar-refractivity contribution in [3.05, 3.63) is 54.7 Å². The quantitative estimate of drug-likeness (QED) is 0.797. The molecule has 2 N–H and O–H groups in total. The first-order valence-corrected chi connectivity index (χ1v) is 6.46. The van der Waals surface area contributed by atoms with Crippen LogP contribution in [0.1, 0.15) is 0 Å². The lowest BCUT2D eigenvalue weighted by molar-refractivity contribution is 0.398. The van der Waals surface area contributed by atoms with E-state index in [1.54, 1.807) is 19.4 Å². The molecule has 0 amide bonds. The predicted molar refractivity (Wildman–Crippen MR) is 81.7 cm³/mol. The third-order valence-corrected chi connectivity index (χ3v) is 3.02. The van der Waals surface area contributed by atoms with Gasteiger partial charge in [-0.2, -0.15) is 0 Å². The van der Waals surface area contributed by atoms with Gasteiger partial charge in [-0.05, 0) is 6.07 Å². The van der Waals surface area contributed by atoms with Gasteiger partial charge in [0.1, 0.15) is 5.82 Å². The van der Waals surface area contributed by atoms with Gasteiger partial charge in [-0.3, -0.25) is 0 Å². The maximum absolute atomic E-state index is 5.91. The first-order chi connectivity index (χ1) is 10.3. The number of anilines is 1. The van der Waals surface area contributed by atoms with E-state index in [0.717, 1.165) is 16.8 Å². The molecular formula is C16H14N4O. The van der Waals surface area contributed by atoms with Gasteiger partial charge >= 0.3 is 0 Å². The summed E-state index contributed by atoms with van der Waals surface area (Å²) in [6.45, 7) is 0. The Morgan fingerprint density at radius 1 is 0.952 bits per heavy atom. The highest BCUT2D eigenvalue weighted by Gasteiger charge is 2.08. The Morgan fingerprint density at radius 2 is 1.76 bits per heavy atom. The van der Waals surface area contributed by atoms with Crippen molar-refractivity contribution in [3.8, 4) is 28.5 Å². The summed E-state index contributed by atoms with van der Waals surface area (Å²) in [5.74, 6) is 1.56. The SMILES string of the molecule is COc1cc(-c2cc(N)nc(-c3ccccc3)n2)ccn1. The Morgan fingerprint density at radius 3 is 2.52 bits per heavy atom. The van der Waals surface area contributed by atoms with E-state index in [9.17, 15) is 0 Å². The zero-order chi connectivity index (χ0) is 14.7. The summed E-state index contributed by atoms with van der Waals surface area (Å²) in [6, 6.07) is 15.1. The van der Waals surface area contributed by atoms with Gasteiger partial charge in [0.25, 0.3) is 0 Å². The number of nitrogen functional groups attached to an aromatic ring is 1. The zero-order valence-electron chi connectivity index (χ0n) is 11.5. The highest BCUT2D eigenvalue weighted by atomic mass is 16.5. The van der Waals surface area contributed by atoms with E-state index in [-0.39, 0.29) is 0 Å². The number of pyridine rings is 1. The van der Waals surface area contributed by atoms with Crippen LogP contribution in [0.25, 0.3) is 22.6 Å². The van der Waals surface area contributed by atoms with Crippen LogP contribution in [0.5, 0.6) is 5.88 Å². The van der Waals surface area contributed by atoms with Crippen molar-refractivity contribution in [2.24, 2.45) is 0 Å². The fourth-order valence-corrected chi connectivity index (χ4v) is 2.01. The number of nitrogens with zero attached hydrogens (tertiary/aromatic N) is 3. The van der Waals surface area contributed by atoms with E-state index < -0.39 is 0 Å². The average molecular weight is 278 g/mol. The second-order valence-electron chi connectivity index (χ2n) is 4.45. The van der Waals surface area contributed by atoms with E-state index in [2.05, 4.69) is 15.0 Å². The normalized spacial score (nSPS) is 10.3. The maximum Gasteiger partial charge on any atom is 0.213 e. The van der Waals surface area contributed by atoms with Crippen LogP contribution in [-0.4, -0.2) is 22.1 Å². The molecule has 0 aliphatic rings. The number of ether oxygens (including phenoxy) is 1. The molecule has 0 spiro atoms. The Labute approximate surface area is 122 Å². The van der Waals surface area contributed by atoms with Gasteiger partial charge in [-0.1, -0.05) is 30.3 Å². The van der Waals surface area contributed by atoms with Crippen LogP contribution < -0.4 is 10.5 Å². The standard InChI is InChI=1S/C16H14N4O/c1-21-15-9-12(7-8-18-15)13-10-14(17)20-16(19-13)11-5-3-2-4-6-11/h2-10H,1H3,(H2,17,19,20). The third-order valence-electron chi connectivity index (χ3n) is 3.02. The number of benzene rings is 1. The summed E-state index contributed by atoms with van der Waals surface area (Å²) in [5, 5.41) is 0. The van der Waals surface area contributed by atoms with Crippen molar-refractivity contribution < 1.29 is 4.74 Å². The topological polar surface area (TPSA) is 73.9 Å². The Bertz CT molecular complexity index is 759. The van der Waals surface area contributed by atoms with Crippen LogP contribution in [0.15, 0.2) is 54.7 Å². The van der Waals surface area contributed by atoms with Crippen molar-refractivity contribution in [1.29, 1.82) is 0 Å². The predicted octanol–water partition coefficient (Wildman–Crippen LogP) is 2.80. The van der Waals surface area contributed by atoms with Crippen LogP contribution in [0.4, 0.5) is 5.82 Å². The Balaban J connectivity index is 2.09. The fraction of sp³-hybridized carbons (Fsp3) is 0.0625. The molecule has 21 heavy (non-hydrogen) atoms. The van der Waals surface area contributed by atoms with E-state index >= 15 is 0 Å². The van der Waals surface area contributed by atoms with E-state index in [0.29, 0.717) is 17.5 Å². The van der Waals surface area contributed by atoms with E-state index in [1.807, 2.05) is 42.5 Å². The van der Waals surface area contributed by atoms with Gasteiger partial charge in [-0.25, -0.2) is 15.0 Å². The first-order valence-electron chi connectivity index (χ1n) is 6.46. The summed E-state index contributed by atoms with van der Waals surface area (Å²) in [6.07, 6.45) is 1.68. The van der Waals surface area contributed by atoms with Crippen LogP contribution >= 0.6 is 0 Å². The molecular weight excluding hydrogens is 264 g/mol. The smallest absolute Gasteiger partial charge is 0.213 e. The van der Waals surface area contributed by atoms with Gasteiger partial charge < -0.3 is 10.5 Å². The summed E-state index contributed by atoms with van der Waals surface area (Å²) in [4.78, 5) is 13.0. The van der Waals surface area contributed by atoms with Gasteiger partial charge in [0.15, 0.2) is 5.82 Å². The molecule has 2 aromatic heterocycles. The Kier molecular flexibility index (Phi) is 3.47. The molecule has 0 saturated heterocycles. The minimum Gasteiger partial charge on any atom is -0.481 e. The van der Waals surface area contributed by atoms with Gasteiger partial charge in [-0.15, -0.1) is 0 Å². The minimum atomic E-state index is 0.426. The average Bonchev–Trinajstić information content (AvgIpc) is 2.55. The number of hydrogen-bond acceptors (Lipinski definition) is 5. The summed E-state index contributed by atoms with van der Waals surface area (Å²) in [5.41, 5.74) is 8.45. The maximum atomic E-state index is 5.91. The number of nitrogens with two attached hydrogens (primary N) is 1. The number of aromatic nitrogens is 3. The molecule has 3 rings (SSSR count). The lowest BCUT2D eigenvalue weighted by Crippen LogP contribution is -1.98. The minimum absolute atomic E-state index is 0.426. The number of hydrogen-bond donors (Lipinski definition) is 1. The highest BCUT2D eigenvalue weighted by molar-refractivity contribution is 5.67. The first kappa shape index (κ1) is 13.1. The second kappa shape index (κ2) is 5.58. The van der Waals surface area contributed by atoms with Crippen LogP contribution in [0.2, 0.25) is 0 Å². The summed E-state index contributed by atoms with van der Waals surface area (Å²) in [7, 11) is 1.58. The molecule has 0 fully saturated rings. The van der Waals surface area contributed by atoms with Crippen molar-refractivity contribution >= 4 is 5.82 Å². The molecule has 0 aliphatic heterocycles. The van der Waals surface area contributed by atoms with Crippen LogP contribution in [0, 0.1) is 0 Å². The lowest BCUT2D eigenvalue weighted by Gasteiger charge is -2.07. The van der Waals surface area contributed by atoms with Crippen molar-refractivity contribution in [3.63, 3.8) is 0 Å². The molecule has 104 valence electrons. The fourth-order valence-electron chi connectivity index (χ4n) is 2.01. The van der Waals surface area contributed by atoms with E-state index in [1.165, 1.54) is 0 Å². The van der Waals surface area contributed by atoms with Gasteiger partial charge in [0.05, 0.1) is 12.8 Å². The van der Waals surface area contributed by atoms with Crippen molar-refractivity contribution in [2.75, 3.05) is 12.8 Å². The second-order valence-corrected chi connectivity index (χ2v) is 4.45. The summed E-state index contributed by atoms with van der Waals surface area (Å²) < 4.78 is 5.14. The molecule has 0 aliphatic carbocycles. The Hall–Kier alpha value is -2.95. The van der Waals surface area contributed by atoms with Gasteiger partial charge in [0, 0.05) is 29.5 Å². The molecule has 3 aromatic rings. The molecule has 0 saturated carbocycles. The molecule has 0 bridgehead atoms. The van der Waals surface area contributed by atoms with Gasteiger partial charge in [0.2, 0.25) is 5.88 Å².